The summed E-state index contributed by atoms with van der Waals surface area (Å²) in [6, 6.07) is 16.6. The van der Waals surface area contributed by atoms with E-state index in [0.717, 1.165) is 79.6 Å². The first-order chi connectivity index (χ1) is 18.3. The third-order valence-corrected chi connectivity index (χ3v) is 7.11. The molecule has 0 N–H and O–H groups in total. The van der Waals surface area contributed by atoms with Gasteiger partial charge < -0.3 is 14.2 Å². The minimum absolute atomic E-state index is 0.0717. The van der Waals surface area contributed by atoms with Crippen LogP contribution in [0.4, 0.5) is 5.69 Å². The molecule has 8 heteroatoms. The van der Waals surface area contributed by atoms with E-state index in [1.165, 1.54) is 5.56 Å². The molecular formula is C29H29N5O3. The van der Waals surface area contributed by atoms with E-state index in [9.17, 15) is 5.26 Å². The van der Waals surface area contributed by atoms with Crippen LogP contribution in [-0.4, -0.2) is 66.2 Å². The highest BCUT2D eigenvalue weighted by Crippen LogP contribution is 2.37. The smallest absolute Gasteiger partial charge is 0.137 e. The topological polar surface area (TPSA) is 92.9 Å². The van der Waals surface area contributed by atoms with Crippen molar-refractivity contribution < 1.29 is 14.2 Å². The van der Waals surface area contributed by atoms with Gasteiger partial charge in [-0.3, -0.25) is 4.90 Å². The van der Waals surface area contributed by atoms with Gasteiger partial charge in [0, 0.05) is 44.5 Å². The van der Waals surface area contributed by atoms with Crippen molar-refractivity contribution in [2.24, 2.45) is 4.99 Å². The number of benzene rings is 2. The SMILES string of the molecule is N#Cc1cc(-c2ncnc3c2N=C(c2ccc(CN4CCOCC4)cc2)C3)ccc1OC1CCOCC1. The van der Waals surface area contributed by atoms with Gasteiger partial charge >= 0.3 is 0 Å². The first kappa shape index (κ1) is 23.7. The quantitative estimate of drug-likeness (QED) is 0.509. The molecule has 188 valence electrons. The van der Waals surface area contributed by atoms with E-state index in [4.69, 9.17) is 19.2 Å². The number of aromatic nitrogens is 2. The normalized spacial score (nSPS) is 18.2. The maximum atomic E-state index is 9.81. The Morgan fingerprint density at radius 1 is 0.946 bits per heavy atom. The van der Waals surface area contributed by atoms with Gasteiger partial charge in [0.15, 0.2) is 0 Å². The molecule has 0 aliphatic carbocycles. The van der Waals surface area contributed by atoms with Crippen LogP contribution < -0.4 is 4.74 Å². The Labute approximate surface area is 216 Å². The number of fused-ring (bicyclic) bond motifs is 1. The Bertz CT molecular complexity index is 1340. The molecule has 2 aromatic carbocycles. The molecule has 6 rings (SSSR count). The lowest BCUT2D eigenvalue weighted by molar-refractivity contribution is 0.0254. The Kier molecular flexibility index (Phi) is 6.91. The van der Waals surface area contributed by atoms with E-state index < -0.39 is 0 Å². The predicted octanol–water partition coefficient (Wildman–Crippen LogP) is 4.08. The minimum Gasteiger partial charge on any atom is -0.489 e. The van der Waals surface area contributed by atoms with E-state index in [1.54, 1.807) is 6.33 Å². The van der Waals surface area contributed by atoms with Crippen molar-refractivity contribution in [2.45, 2.75) is 31.9 Å². The second-order valence-electron chi connectivity index (χ2n) is 9.59. The standard InChI is InChI=1S/C29H29N5O3/c30-17-23-15-22(5-6-27(23)37-24-7-11-35-12-8-24)28-29-26(31-19-32-28)16-25(33-29)21-3-1-20(2-4-21)18-34-9-13-36-14-10-34/h1-6,15,19,24H,7-14,16,18H2. The van der Waals surface area contributed by atoms with Gasteiger partial charge in [-0.1, -0.05) is 24.3 Å². The second kappa shape index (κ2) is 10.8. The van der Waals surface area contributed by atoms with Gasteiger partial charge in [0.1, 0.15) is 29.9 Å². The summed E-state index contributed by atoms with van der Waals surface area (Å²) in [5, 5.41) is 9.81. The van der Waals surface area contributed by atoms with Crippen molar-refractivity contribution in [3.8, 4) is 23.1 Å². The van der Waals surface area contributed by atoms with Crippen molar-refractivity contribution >= 4 is 11.4 Å². The van der Waals surface area contributed by atoms with Crippen molar-refractivity contribution in [3.05, 3.63) is 71.2 Å². The monoisotopic (exact) mass is 495 g/mol. The van der Waals surface area contributed by atoms with Crippen molar-refractivity contribution in [1.82, 2.24) is 14.9 Å². The van der Waals surface area contributed by atoms with Gasteiger partial charge in [-0.05, 0) is 29.3 Å². The number of aliphatic imine (C=N–C) groups is 1. The van der Waals surface area contributed by atoms with Crippen molar-refractivity contribution in [3.63, 3.8) is 0 Å². The number of morpholine rings is 1. The molecule has 3 aliphatic heterocycles. The number of hydrogen-bond donors (Lipinski definition) is 0. The molecule has 37 heavy (non-hydrogen) atoms. The zero-order valence-corrected chi connectivity index (χ0v) is 20.7. The highest BCUT2D eigenvalue weighted by Gasteiger charge is 2.23. The molecule has 3 aliphatic rings. The molecule has 0 unspecified atom stereocenters. The van der Waals surface area contributed by atoms with Gasteiger partial charge in [0.05, 0.1) is 49.1 Å². The van der Waals surface area contributed by atoms with Crippen LogP contribution in [0.15, 0.2) is 53.8 Å². The molecule has 0 radical (unpaired) electrons. The van der Waals surface area contributed by atoms with Gasteiger partial charge in [-0.2, -0.15) is 5.26 Å². The molecule has 3 aromatic rings. The molecule has 0 saturated carbocycles. The molecule has 4 heterocycles. The zero-order valence-electron chi connectivity index (χ0n) is 20.7. The fraction of sp³-hybridized carbons (Fsp3) is 0.379. The molecule has 0 atom stereocenters. The molecule has 8 nitrogen and oxygen atoms in total. The van der Waals surface area contributed by atoms with Crippen LogP contribution in [-0.2, 0) is 22.4 Å². The molecule has 2 fully saturated rings. The van der Waals surface area contributed by atoms with Gasteiger partial charge in [0.2, 0.25) is 0 Å². The van der Waals surface area contributed by atoms with E-state index in [-0.39, 0.29) is 6.10 Å². The van der Waals surface area contributed by atoms with Crippen LogP contribution in [0.5, 0.6) is 5.75 Å². The summed E-state index contributed by atoms with van der Waals surface area (Å²) in [4.78, 5) is 16.4. The largest absolute Gasteiger partial charge is 0.489 e. The number of rotatable bonds is 6. The maximum absolute atomic E-state index is 9.81. The number of ether oxygens (including phenoxy) is 3. The minimum atomic E-state index is 0.0717. The highest BCUT2D eigenvalue weighted by molar-refractivity contribution is 6.07. The maximum Gasteiger partial charge on any atom is 0.137 e. The fourth-order valence-electron chi connectivity index (χ4n) is 5.03. The Morgan fingerprint density at radius 3 is 2.49 bits per heavy atom. The summed E-state index contributed by atoms with van der Waals surface area (Å²) in [7, 11) is 0. The number of hydrogen-bond acceptors (Lipinski definition) is 8. The van der Waals surface area contributed by atoms with Gasteiger partial charge in [0.25, 0.3) is 0 Å². The van der Waals surface area contributed by atoms with Gasteiger partial charge in [-0.25, -0.2) is 15.0 Å². The Hall–Kier alpha value is -3.64. The van der Waals surface area contributed by atoms with Gasteiger partial charge in [-0.15, -0.1) is 0 Å². The number of nitrogens with zero attached hydrogens (tertiary/aromatic N) is 5. The predicted molar refractivity (Wildman–Crippen MR) is 139 cm³/mol. The Balaban J connectivity index is 1.22. The third kappa shape index (κ3) is 5.25. The second-order valence-corrected chi connectivity index (χ2v) is 9.59. The van der Waals surface area contributed by atoms with Crippen LogP contribution in [0.1, 0.15) is 35.2 Å². The summed E-state index contributed by atoms with van der Waals surface area (Å²) in [6.45, 7) is 5.86. The summed E-state index contributed by atoms with van der Waals surface area (Å²) >= 11 is 0. The molecule has 1 aromatic heterocycles. The van der Waals surface area contributed by atoms with Crippen molar-refractivity contribution in [2.75, 3.05) is 39.5 Å². The van der Waals surface area contributed by atoms with Crippen LogP contribution in [0, 0.1) is 11.3 Å². The highest BCUT2D eigenvalue weighted by atomic mass is 16.5. The summed E-state index contributed by atoms with van der Waals surface area (Å²) in [6.07, 6.45) is 3.97. The van der Waals surface area contributed by atoms with Crippen molar-refractivity contribution in [1.29, 1.82) is 5.26 Å². The zero-order chi connectivity index (χ0) is 25.0. The fourth-order valence-corrected chi connectivity index (χ4v) is 5.03. The first-order valence-corrected chi connectivity index (χ1v) is 12.9. The van der Waals surface area contributed by atoms with E-state index in [1.807, 2.05) is 18.2 Å². The summed E-state index contributed by atoms with van der Waals surface area (Å²) < 4.78 is 17.0. The third-order valence-electron chi connectivity index (χ3n) is 7.11. The molecule has 0 amide bonds. The first-order valence-electron chi connectivity index (χ1n) is 12.9. The summed E-state index contributed by atoms with van der Waals surface area (Å²) in [5.74, 6) is 0.602. The van der Waals surface area contributed by atoms with E-state index >= 15 is 0 Å². The van der Waals surface area contributed by atoms with Crippen LogP contribution in [0.25, 0.3) is 11.3 Å². The lowest BCUT2D eigenvalue weighted by Crippen LogP contribution is -2.35. The Morgan fingerprint density at radius 2 is 1.70 bits per heavy atom. The summed E-state index contributed by atoms with van der Waals surface area (Å²) in [5.41, 5.74) is 7.10. The average Bonchev–Trinajstić information content (AvgIpc) is 3.39. The van der Waals surface area contributed by atoms with E-state index in [0.29, 0.717) is 30.9 Å². The van der Waals surface area contributed by atoms with Crippen LogP contribution in [0.3, 0.4) is 0 Å². The lowest BCUT2D eigenvalue weighted by Gasteiger charge is -2.26. The molecule has 0 bridgehead atoms. The number of nitriles is 1. The average molecular weight is 496 g/mol. The molecule has 2 saturated heterocycles. The van der Waals surface area contributed by atoms with Crippen LogP contribution >= 0.6 is 0 Å². The van der Waals surface area contributed by atoms with Crippen LogP contribution in [0.2, 0.25) is 0 Å². The lowest BCUT2D eigenvalue weighted by atomic mass is 10.0. The van der Waals surface area contributed by atoms with E-state index in [2.05, 4.69) is 45.2 Å². The molecular weight excluding hydrogens is 466 g/mol. The molecule has 0 spiro atoms.